The molecule has 0 heterocycles. The zero-order chi connectivity index (χ0) is 39.0. The fourth-order valence-electron chi connectivity index (χ4n) is 5.81. The van der Waals surface area contributed by atoms with Crippen molar-refractivity contribution in [2.45, 2.75) is 188 Å². The van der Waals surface area contributed by atoms with Crippen molar-refractivity contribution in [3.63, 3.8) is 0 Å². The summed E-state index contributed by atoms with van der Waals surface area (Å²) in [5, 5.41) is 9.76. The lowest BCUT2D eigenvalue weighted by molar-refractivity contribution is -0.161. The number of allylic oxidation sites excluding steroid dienone is 4. The van der Waals surface area contributed by atoms with Crippen LogP contribution in [0.5, 0.6) is 0 Å². The molecule has 2 unspecified atom stereocenters. The van der Waals surface area contributed by atoms with Gasteiger partial charge in [0.15, 0.2) is 6.29 Å². The Morgan fingerprint density at radius 2 is 1.02 bits per heavy atom. The molecule has 0 radical (unpaired) electrons. The quantitative estimate of drug-likeness (QED) is 0.0215. The van der Waals surface area contributed by atoms with Crippen molar-refractivity contribution in [1.29, 1.82) is 0 Å². The van der Waals surface area contributed by atoms with Crippen LogP contribution >= 0.6 is 0 Å². The highest BCUT2D eigenvalue weighted by atomic mass is 16.7. The van der Waals surface area contributed by atoms with Crippen molar-refractivity contribution in [2.75, 3.05) is 39.6 Å². The lowest BCUT2D eigenvalue weighted by Gasteiger charge is -2.19. The van der Waals surface area contributed by atoms with Crippen LogP contribution in [0.15, 0.2) is 24.3 Å². The smallest absolute Gasteiger partial charge is 0.305 e. The van der Waals surface area contributed by atoms with Crippen molar-refractivity contribution in [3.8, 4) is 0 Å². The number of carbonyl (C=O) groups excluding carboxylic acids is 3. The second kappa shape index (κ2) is 39.5. The standard InChI is InChI=1S/C44H80O9/c1-5-9-13-15-19-24-33-50-44(51-34-25-20-16-14-10-6-2)31-30-43(48)53-38-40(36-45)37-52-42(47)29-23-18-17-22-28-41(46)49-35-32-39(26-12-8-4)27-21-11-7-3/h9-10,13-14,39-40,44-45H,5-8,11-12,15-38H2,1-4H3/b13-9-,14-10-. The van der Waals surface area contributed by atoms with Gasteiger partial charge in [0.1, 0.15) is 0 Å². The minimum Gasteiger partial charge on any atom is -0.466 e. The van der Waals surface area contributed by atoms with Gasteiger partial charge < -0.3 is 28.8 Å². The van der Waals surface area contributed by atoms with Crippen LogP contribution in [0.1, 0.15) is 182 Å². The summed E-state index contributed by atoms with van der Waals surface area (Å²) in [4.78, 5) is 37.0. The van der Waals surface area contributed by atoms with Gasteiger partial charge in [-0.2, -0.15) is 0 Å². The van der Waals surface area contributed by atoms with Crippen molar-refractivity contribution in [3.05, 3.63) is 24.3 Å². The van der Waals surface area contributed by atoms with E-state index < -0.39 is 18.2 Å². The second-order valence-electron chi connectivity index (χ2n) is 14.3. The molecular weight excluding hydrogens is 672 g/mol. The number of unbranched alkanes of at least 4 members (excludes halogenated alkanes) is 10. The first-order chi connectivity index (χ1) is 25.9. The van der Waals surface area contributed by atoms with Crippen molar-refractivity contribution < 1.29 is 43.2 Å². The molecule has 53 heavy (non-hydrogen) atoms. The molecule has 0 saturated carbocycles. The van der Waals surface area contributed by atoms with Crippen LogP contribution in [0.2, 0.25) is 0 Å². The molecule has 0 rings (SSSR count). The van der Waals surface area contributed by atoms with Gasteiger partial charge in [-0.1, -0.05) is 110 Å². The molecule has 0 aromatic carbocycles. The van der Waals surface area contributed by atoms with Crippen LogP contribution < -0.4 is 0 Å². The van der Waals surface area contributed by atoms with Crippen LogP contribution in [0.4, 0.5) is 0 Å². The maximum absolute atomic E-state index is 12.5. The predicted octanol–water partition coefficient (Wildman–Crippen LogP) is 10.8. The number of hydrogen-bond acceptors (Lipinski definition) is 9. The zero-order valence-electron chi connectivity index (χ0n) is 34.5. The minimum atomic E-state index is -0.487. The van der Waals surface area contributed by atoms with E-state index in [4.69, 9.17) is 23.7 Å². The van der Waals surface area contributed by atoms with Crippen LogP contribution in [0, 0.1) is 11.8 Å². The molecule has 0 saturated heterocycles. The molecule has 9 heteroatoms. The number of rotatable bonds is 39. The van der Waals surface area contributed by atoms with Crippen molar-refractivity contribution >= 4 is 17.9 Å². The number of hydrogen-bond donors (Lipinski definition) is 1. The van der Waals surface area contributed by atoms with E-state index in [-0.39, 0.29) is 44.6 Å². The maximum atomic E-state index is 12.5. The van der Waals surface area contributed by atoms with Crippen molar-refractivity contribution in [1.82, 2.24) is 0 Å². The van der Waals surface area contributed by atoms with Crippen LogP contribution in [0.3, 0.4) is 0 Å². The molecule has 0 spiro atoms. The fraction of sp³-hybridized carbons (Fsp3) is 0.841. The van der Waals surface area contributed by atoms with Gasteiger partial charge in [-0.3, -0.25) is 14.4 Å². The first-order valence-electron chi connectivity index (χ1n) is 21.5. The van der Waals surface area contributed by atoms with E-state index in [1.54, 1.807) is 0 Å². The normalized spacial score (nSPS) is 12.9. The van der Waals surface area contributed by atoms with E-state index in [0.29, 0.717) is 45.0 Å². The lowest BCUT2D eigenvalue weighted by atomic mass is 9.93. The molecule has 0 bridgehead atoms. The molecule has 1 N–H and O–H groups in total. The molecular formula is C44H80O9. The van der Waals surface area contributed by atoms with Gasteiger partial charge in [0.05, 0.1) is 38.8 Å². The summed E-state index contributed by atoms with van der Waals surface area (Å²) < 4.78 is 28.2. The number of esters is 3. The molecule has 0 fully saturated rings. The van der Waals surface area contributed by atoms with E-state index in [9.17, 15) is 19.5 Å². The summed E-state index contributed by atoms with van der Waals surface area (Å²) in [5.41, 5.74) is 0. The molecule has 2 atom stereocenters. The van der Waals surface area contributed by atoms with Gasteiger partial charge in [-0.05, 0) is 76.5 Å². The number of aliphatic hydroxyl groups is 1. The maximum Gasteiger partial charge on any atom is 0.305 e. The van der Waals surface area contributed by atoms with Crippen LogP contribution in [0.25, 0.3) is 0 Å². The largest absolute Gasteiger partial charge is 0.466 e. The van der Waals surface area contributed by atoms with Crippen LogP contribution in [-0.2, 0) is 38.1 Å². The van der Waals surface area contributed by atoms with E-state index >= 15 is 0 Å². The average Bonchev–Trinajstić information content (AvgIpc) is 3.16. The summed E-state index contributed by atoms with van der Waals surface area (Å²) >= 11 is 0. The average molecular weight is 753 g/mol. The number of carbonyl (C=O) groups is 3. The Hall–Kier alpha value is -2.23. The van der Waals surface area contributed by atoms with Crippen LogP contribution in [-0.4, -0.2) is 68.9 Å². The van der Waals surface area contributed by atoms with Gasteiger partial charge in [0.2, 0.25) is 0 Å². The third-order valence-corrected chi connectivity index (χ3v) is 9.23. The third-order valence-electron chi connectivity index (χ3n) is 9.23. The monoisotopic (exact) mass is 753 g/mol. The summed E-state index contributed by atoms with van der Waals surface area (Å²) in [6, 6.07) is 0. The van der Waals surface area contributed by atoms with E-state index in [0.717, 1.165) is 77.0 Å². The third kappa shape index (κ3) is 35.2. The minimum absolute atomic E-state index is 0.0118. The number of ether oxygens (including phenoxy) is 5. The molecule has 0 aliphatic heterocycles. The molecule has 9 nitrogen and oxygen atoms in total. The topological polar surface area (TPSA) is 118 Å². The Morgan fingerprint density at radius 1 is 0.491 bits per heavy atom. The molecule has 0 aliphatic carbocycles. The summed E-state index contributed by atoms with van der Waals surface area (Å²) in [5.74, 6) is -0.711. The lowest BCUT2D eigenvalue weighted by Crippen LogP contribution is -2.25. The highest BCUT2D eigenvalue weighted by molar-refractivity contribution is 5.70. The molecule has 310 valence electrons. The molecule has 0 amide bonds. The Kier molecular flexibility index (Phi) is 37.8. The van der Waals surface area contributed by atoms with Crippen molar-refractivity contribution in [2.24, 2.45) is 11.8 Å². The van der Waals surface area contributed by atoms with Gasteiger partial charge in [-0.15, -0.1) is 0 Å². The summed E-state index contributed by atoms with van der Waals surface area (Å²) in [6.07, 6.45) is 30.2. The second-order valence-corrected chi connectivity index (χ2v) is 14.3. The highest BCUT2D eigenvalue weighted by Gasteiger charge is 2.17. The number of aliphatic hydroxyl groups excluding tert-OH is 1. The Bertz CT molecular complexity index is 879. The Balaban J connectivity index is 4.24. The van der Waals surface area contributed by atoms with Gasteiger partial charge in [0.25, 0.3) is 0 Å². The molecule has 0 aliphatic rings. The summed E-state index contributed by atoms with van der Waals surface area (Å²) in [6.45, 7) is 10.1. The first kappa shape index (κ1) is 50.8. The van der Waals surface area contributed by atoms with E-state index in [2.05, 4.69) is 52.0 Å². The van der Waals surface area contributed by atoms with Gasteiger partial charge >= 0.3 is 17.9 Å². The predicted molar refractivity (Wildman–Crippen MR) is 214 cm³/mol. The van der Waals surface area contributed by atoms with E-state index in [1.165, 1.54) is 44.9 Å². The zero-order valence-corrected chi connectivity index (χ0v) is 34.5. The van der Waals surface area contributed by atoms with Gasteiger partial charge in [-0.25, -0.2) is 0 Å². The highest BCUT2D eigenvalue weighted by Crippen LogP contribution is 2.21. The molecule has 0 aromatic rings. The Morgan fingerprint density at radius 3 is 1.55 bits per heavy atom. The first-order valence-corrected chi connectivity index (χ1v) is 21.5. The fourth-order valence-corrected chi connectivity index (χ4v) is 5.81. The summed E-state index contributed by atoms with van der Waals surface area (Å²) in [7, 11) is 0. The Labute approximate surface area is 324 Å². The van der Waals surface area contributed by atoms with E-state index in [1.807, 2.05) is 0 Å². The molecule has 0 aromatic heterocycles. The SMILES string of the molecule is CC/C=C\CCCCOC(CCC(=O)OCC(CO)COC(=O)CCCCCCC(=O)OCCC(CCCC)CCCCC)OCCCC/C=C\CC. The van der Waals surface area contributed by atoms with Gasteiger partial charge in [0, 0.05) is 32.5 Å².